The van der Waals surface area contributed by atoms with E-state index in [2.05, 4.69) is 9.97 Å². The highest BCUT2D eigenvalue weighted by Crippen LogP contribution is 2.36. The van der Waals surface area contributed by atoms with Gasteiger partial charge in [-0.3, -0.25) is 0 Å². The molecule has 2 N–H and O–H groups in total. The van der Waals surface area contributed by atoms with E-state index in [-0.39, 0.29) is 11.9 Å². The molecule has 0 saturated heterocycles. The summed E-state index contributed by atoms with van der Waals surface area (Å²) in [4.78, 5) is 20.5. The van der Waals surface area contributed by atoms with Crippen molar-refractivity contribution in [2.45, 2.75) is 30.5 Å². The molecular formula is C12H14N2O3S2. The van der Waals surface area contributed by atoms with E-state index in [1.165, 1.54) is 29.4 Å². The summed E-state index contributed by atoms with van der Waals surface area (Å²) < 4.78 is 0. The lowest BCUT2D eigenvalue weighted by Crippen LogP contribution is -2.00. The Morgan fingerprint density at radius 1 is 1.53 bits per heavy atom. The standard InChI is InChI=1S/C12H14N2O3S2/c1-6(3-4-15)18-10-8-7(2)9(12(16)17)19-11(8)14-5-13-10/h5-6,15H,3-4H2,1-2H3,(H,16,17). The number of aliphatic hydroxyl groups excluding tert-OH is 1. The van der Waals surface area contributed by atoms with Crippen LogP contribution in [0.25, 0.3) is 10.2 Å². The molecule has 0 fully saturated rings. The fraction of sp³-hybridized carbons (Fsp3) is 0.417. The number of nitrogens with zero attached hydrogens (tertiary/aromatic N) is 2. The molecule has 0 bridgehead atoms. The highest BCUT2D eigenvalue weighted by molar-refractivity contribution is 8.00. The molecule has 19 heavy (non-hydrogen) atoms. The summed E-state index contributed by atoms with van der Waals surface area (Å²) >= 11 is 2.71. The summed E-state index contributed by atoms with van der Waals surface area (Å²) in [5, 5.41) is 19.9. The lowest BCUT2D eigenvalue weighted by atomic mass is 10.2. The van der Waals surface area contributed by atoms with Gasteiger partial charge in [-0.05, 0) is 18.9 Å². The Morgan fingerprint density at radius 3 is 2.89 bits per heavy atom. The number of thiophene rings is 1. The van der Waals surface area contributed by atoms with Crippen LogP contribution in [0.15, 0.2) is 11.4 Å². The molecule has 0 spiro atoms. The Hall–Kier alpha value is -1.18. The number of rotatable bonds is 5. The number of aromatic carboxylic acids is 1. The maximum Gasteiger partial charge on any atom is 0.346 e. The van der Waals surface area contributed by atoms with E-state index in [9.17, 15) is 4.79 Å². The molecule has 2 aromatic rings. The molecule has 7 heteroatoms. The van der Waals surface area contributed by atoms with Gasteiger partial charge in [-0.15, -0.1) is 23.1 Å². The van der Waals surface area contributed by atoms with E-state index < -0.39 is 5.97 Å². The van der Waals surface area contributed by atoms with Crippen LogP contribution in [0.3, 0.4) is 0 Å². The first-order chi connectivity index (χ1) is 9.04. The highest BCUT2D eigenvalue weighted by Gasteiger charge is 2.19. The average molecular weight is 298 g/mol. The highest BCUT2D eigenvalue weighted by atomic mass is 32.2. The van der Waals surface area contributed by atoms with Gasteiger partial charge in [-0.2, -0.15) is 0 Å². The number of carbonyl (C=O) groups is 1. The largest absolute Gasteiger partial charge is 0.477 e. The lowest BCUT2D eigenvalue weighted by molar-refractivity contribution is 0.0701. The van der Waals surface area contributed by atoms with Crippen molar-refractivity contribution >= 4 is 39.3 Å². The number of carboxylic acid groups (broad SMARTS) is 1. The van der Waals surface area contributed by atoms with Crippen molar-refractivity contribution in [1.29, 1.82) is 0 Å². The number of aryl methyl sites for hydroxylation is 1. The molecule has 0 amide bonds. The number of aromatic nitrogens is 2. The summed E-state index contributed by atoms with van der Waals surface area (Å²) in [5.41, 5.74) is 0.715. The monoisotopic (exact) mass is 298 g/mol. The minimum absolute atomic E-state index is 0.130. The van der Waals surface area contributed by atoms with E-state index in [4.69, 9.17) is 10.2 Å². The maximum atomic E-state index is 11.1. The Morgan fingerprint density at radius 2 is 2.26 bits per heavy atom. The van der Waals surface area contributed by atoms with E-state index >= 15 is 0 Å². The Labute approximate surface area is 118 Å². The van der Waals surface area contributed by atoms with Crippen LogP contribution < -0.4 is 0 Å². The molecule has 2 heterocycles. The van der Waals surface area contributed by atoms with E-state index in [1.807, 2.05) is 6.92 Å². The van der Waals surface area contributed by atoms with Gasteiger partial charge in [0.15, 0.2) is 0 Å². The van der Waals surface area contributed by atoms with Gasteiger partial charge in [0.1, 0.15) is 21.1 Å². The van der Waals surface area contributed by atoms with Crippen LogP contribution >= 0.6 is 23.1 Å². The Balaban J connectivity index is 2.47. The molecule has 2 aromatic heterocycles. The first-order valence-corrected chi connectivity index (χ1v) is 7.49. The molecule has 5 nitrogen and oxygen atoms in total. The molecule has 2 rings (SSSR count). The van der Waals surface area contributed by atoms with Crippen molar-refractivity contribution < 1.29 is 15.0 Å². The van der Waals surface area contributed by atoms with Crippen molar-refractivity contribution in [3.8, 4) is 0 Å². The number of carboxylic acids is 1. The predicted molar refractivity (Wildman–Crippen MR) is 76.1 cm³/mol. The van der Waals surface area contributed by atoms with Gasteiger partial charge in [0.05, 0.1) is 0 Å². The predicted octanol–water partition coefficient (Wildman–Crippen LogP) is 2.56. The zero-order valence-electron chi connectivity index (χ0n) is 10.6. The molecule has 0 aliphatic carbocycles. The second kappa shape index (κ2) is 5.85. The van der Waals surface area contributed by atoms with E-state index in [1.54, 1.807) is 6.92 Å². The van der Waals surface area contributed by atoms with Crippen LogP contribution in [0.5, 0.6) is 0 Å². The fourth-order valence-corrected chi connectivity index (χ4v) is 3.90. The smallest absolute Gasteiger partial charge is 0.346 e. The van der Waals surface area contributed by atoms with Gasteiger partial charge in [0.2, 0.25) is 0 Å². The minimum atomic E-state index is -0.931. The van der Waals surface area contributed by atoms with E-state index in [0.29, 0.717) is 21.7 Å². The van der Waals surface area contributed by atoms with Crippen molar-refractivity contribution in [3.63, 3.8) is 0 Å². The van der Waals surface area contributed by atoms with Gasteiger partial charge in [0, 0.05) is 17.2 Å². The molecule has 1 atom stereocenters. The van der Waals surface area contributed by atoms with Crippen molar-refractivity contribution in [2.75, 3.05) is 6.61 Å². The maximum absolute atomic E-state index is 11.1. The SMILES string of the molecule is Cc1c(C(=O)O)sc2ncnc(SC(C)CCO)c12. The molecule has 0 aliphatic rings. The van der Waals surface area contributed by atoms with Gasteiger partial charge in [-0.25, -0.2) is 14.8 Å². The van der Waals surface area contributed by atoms with Gasteiger partial charge in [0.25, 0.3) is 0 Å². The molecule has 102 valence electrons. The first kappa shape index (κ1) is 14.2. The summed E-state index contributed by atoms with van der Waals surface area (Å²) in [6.45, 7) is 3.92. The first-order valence-electron chi connectivity index (χ1n) is 5.79. The van der Waals surface area contributed by atoms with Crippen LogP contribution in [-0.4, -0.2) is 38.0 Å². The normalized spacial score (nSPS) is 12.8. The molecule has 0 aromatic carbocycles. The molecule has 0 radical (unpaired) electrons. The van der Waals surface area contributed by atoms with Crippen LogP contribution in [0.1, 0.15) is 28.6 Å². The quantitative estimate of drug-likeness (QED) is 0.652. The minimum Gasteiger partial charge on any atom is -0.477 e. The van der Waals surface area contributed by atoms with Crippen molar-refractivity contribution in [3.05, 3.63) is 16.8 Å². The van der Waals surface area contributed by atoms with Crippen LogP contribution in [0, 0.1) is 6.92 Å². The fourth-order valence-electron chi connectivity index (χ4n) is 1.76. The van der Waals surface area contributed by atoms with Gasteiger partial charge < -0.3 is 10.2 Å². The van der Waals surface area contributed by atoms with Crippen LogP contribution in [0.4, 0.5) is 0 Å². The number of hydrogen-bond acceptors (Lipinski definition) is 6. The van der Waals surface area contributed by atoms with Gasteiger partial charge >= 0.3 is 5.97 Å². The average Bonchev–Trinajstić information content (AvgIpc) is 2.68. The summed E-state index contributed by atoms with van der Waals surface area (Å²) in [6, 6.07) is 0. The van der Waals surface area contributed by atoms with Crippen LogP contribution in [0.2, 0.25) is 0 Å². The second-order valence-corrected chi connectivity index (χ2v) is 6.59. The molecule has 0 saturated carbocycles. The zero-order valence-corrected chi connectivity index (χ0v) is 12.2. The summed E-state index contributed by atoms with van der Waals surface area (Å²) in [7, 11) is 0. The third-order valence-electron chi connectivity index (χ3n) is 2.73. The summed E-state index contributed by atoms with van der Waals surface area (Å²) in [5.74, 6) is -0.931. The Bertz CT molecular complexity index is 612. The van der Waals surface area contributed by atoms with E-state index in [0.717, 1.165) is 10.4 Å². The molecule has 0 aliphatic heterocycles. The lowest BCUT2D eigenvalue weighted by Gasteiger charge is -2.09. The molecular weight excluding hydrogens is 284 g/mol. The van der Waals surface area contributed by atoms with Crippen molar-refractivity contribution in [2.24, 2.45) is 0 Å². The summed E-state index contributed by atoms with van der Waals surface area (Å²) in [6.07, 6.45) is 2.13. The number of thioether (sulfide) groups is 1. The van der Waals surface area contributed by atoms with Crippen molar-refractivity contribution in [1.82, 2.24) is 9.97 Å². The Kier molecular flexibility index (Phi) is 4.38. The zero-order chi connectivity index (χ0) is 14.0. The third kappa shape index (κ3) is 2.88. The van der Waals surface area contributed by atoms with Gasteiger partial charge in [-0.1, -0.05) is 6.92 Å². The number of fused-ring (bicyclic) bond motifs is 1. The second-order valence-electron chi connectivity index (χ2n) is 4.16. The number of aliphatic hydroxyl groups is 1. The number of hydrogen-bond donors (Lipinski definition) is 2. The third-order valence-corrected chi connectivity index (χ3v) is 5.09. The molecule has 1 unspecified atom stereocenters. The topological polar surface area (TPSA) is 83.3 Å². The van der Waals surface area contributed by atoms with Crippen LogP contribution in [-0.2, 0) is 0 Å².